The second-order valence-electron chi connectivity index (χ2n) is 7.57. The number of sulfonamides is 1. The average Bonchev–Trinajstić information content (AvgIpc) is 3.12. The minimum atomic E-state index is -3.80. The smallest absolute Gasteiger partial charge is 0.276 e. The van der Waals surface area contributed by atoms with Crippen LogP contribution in [0, 0.1) is 0 Å². The van der Waals surface area contributed by atoms with Gasteiger partial charge in [0.2, 0.25) is 10.0 Å². The van der Waals surface area contributed by atoms with Gasteiger partial charge in [0.05, 0.1) is 29.5 Å². The molecule has 1 saturated heterocycles. The normalized spacial score (nSPS) is 17.5. The number of primary sulfonamides is 1. The molecule has 0 radical (unpaired) electrons. The van der Waals surface area contributed by atoms with Gasteiger partial charge < -0.3 is 15.4 Å². The number of fused-ring (bicyclic) bond motifs is 1. The first kappa shape index (κ1) is 22.9. The van der Waals surface area contributed by atoms with Crippen LogP contribution in [0.25, 0.3) is 0 Å². The first-order valence-electron chi connectivity index (χ1n) is 10.3. The Kier molecular flexibility index (Phi) is 6.70. The predicted octanol–water partition coefficient (Wildman–Crippen LogP) is 0.164. The third-order valence-corrected chi connectivity index (χ3v) is 6.23. The van der Waals surface area contributed by atoms with Crippen LogP contribution in [0.15, 0.2) is 52.5 Å². The highest BCUT2D eigenvalue weighted by Crippen LogP contribution is 2.25. The molecule has 2 aromatic carbocycles. The van der Waals surface area contributed by atoms with Crippen LogP contribution in [0.5, 0.6) is 0 Å². The van der Waals surface area contributed by atoms with Gasteiger partial charge in [-0.3, -0.25) is 19.9 Å². The molecule has 2 aromatic rings. The topological polar surface area (TPSA) is 155 Å². The summed E-state index contributed by atoms with van der Waals surface area (Å²) < 4.78 is 28.0. The number of carbonyl (C=O) groups excluding carboxylic acids is 2. The molecule has 0 bridgehead atoms. The second-order valence-corrected chi connectivity index (χ2v) is 9.13. The molecule has 0 unspecified atom stereocenters. The number of benzene rings is 2. The third-order valence-electron chi connectivity index (χ3n) is 5.30. The van der Waals surface area contributed by atoms with Crippen molar-refractivity contribution in [3.05, 3.63) is 53.6 Å². The van der Waals surface area contributed by atoms with Crippen molar-refractivity contribution in [1.82, 2.24) is 10.2 Å². The van der Waals surface area contributed by atoms with Gasteiger partial charge in [-0.25, -0.2) is 13.6 Å². The zero-order valence-electron chi connectivity index (χ0n) is 17.7. The van der Waals surface area contributed by atoms with E-state index in [1.54, 1.807) is 18.2 Å². The van der Waals surface area contributed by atoms with Crippen LogP contribution >= 0.6 is 0 Å². The molecule has 2 amide bonds. The van der Waals surface area contributed by atoms with Crippen LogP contribution in [0.2, 0.25) is 0 Å². The summed E-state index contributed by atoms with van der Waals surface area (Å²) in [4.78, 5) is 27.2. The van der Waals surface area contributed by atoms with Crippen molar-refractivity contribution >= 4 is 38.9 Å². The number of anilines is 2. The van der Waals surface area contributed by atoms with E-state index in [0.29, 0.717) is 42.3 Å². The fraction of sp³-hybridized carbons (Fsp3) is 0.286. The van der Waals surface area contributed by atoms with Crippen LogP contribution in [-0.4, -0.2) is 70.2 Å². The number of hydrogen-bond acceptors (Lipinski definition) is 8. The molecule has 174 valence electrons. The SMILES string of the molecule is NS(=O)(=O)c1ccc(NN=C2C(=O)Nc3ccc(C(=O)NCCN4CCOCC4)cc32)cc1. The summed E-state index contributed by atoms with van der Waals surface area (Å²) in [6.45, 7) is 4.34. The highest BCUT2D eigenvalue weighted by Gasteiger charge is 2.27. The standard InChI is InChI=1S/C21H24N6O5S/c22-33(30,31)16-4-2-15(3-5-16)25-26-19-17-13-14(1-6-18(17)24-21(19)29)20(28)23-7-8-27-9-11-32-12-10-27/h1-6,13,25H,7-12H2,(H,23,28)(H2,22,30,31)(H,24,26,29). The minimum absolute atomic E-state index is 0.0334. The summed E-state index contributed by atoms with van der Waals surface area (Å²) in [5, 5.41) is 14.9. The van der Waals surface area contributed by atoms with Crippen LogP contribution < -0.4 is 21.2 Å². The maximum atomic E-state index is 12.6. The van der Waals surface area contributed by atoms with Crippen molar-refractivity contribution in [3.63, 3.8) is 0 Å². The Morgan fingerprint density at radius 1 is 1.15 bits per heavy atom. The Balaban J connectivity index is 1.43. The van der Waals surface area contributed by atoms with Gasteiger partial charge in [-0.2, -0.15) is 5.10 Å². The highest BCUT2D eigenvalue weighted by atomic mass is 32.2. The van der Waals surface area contributed by atoms with Crippen LogP contribution in [0.1, 0.15) is 15.9 Å². The number of carbonyl (C=O) groups is 2. The first-order valence-corrected chi connectivity index (χ1v) is 11.9. The Labute approximate surface area is 191 Å². The fourth-order valence-electron chi connectivity index (χ4n) is 3.50. The van der Waals surface area contributed by atoms with Crippen LogP contribution in [0.3, 0.4) is 0 Å². The lowest BCUT2D eigenvalue weighted by atomic mass is 10.1. The molecule has 0 atom stereocenters. The number of nitrogens with zero attached hydrogens (tertiary/aromatic N) is 2. The lowest BCUT2D eigenvalue weighted by molar-refractivity contribution is -0.110. The zero-order valence-corrected chi connectivity index (χ0v) is 18.5. The van der Waals surface area contributed by atoms with Crippen LogP contribution in [0.4, 0.5) is 11.4 Å². The van der Waals surface area contributed by atoms with E-state index in [9.17, 15) is 18.0 Å². The molecular formula is C21H24N6O5S. The maximum Gasteiger partial charge on any atom is 0.276 e. The van der Waals surface area contributed by atoms with Crippen molar-refractivity contribution in [3.8, 4) is 0 Å². The minimum Gasteiger partial charge on any atom is -0.379 e. The van der Waals surface area contributed by atoms with E-state index in [-0.39, 0.29) is 16.5 Å². The number of hydrazone groups is 1. The molecule has 4 rings (SSSR count). The molecule has 0 aliphatic carbocycles. The van der Waals surface area contributed by atoms with Crippen LogP contribution in [-0.2, 0) is 19.6 Å². The molecule has 0 aromatic heterocycles. The van der Waals surface area contributed by atoms with E-state index in [2.05, 4.69) is 26.1 Å². The summed E-state index contributed by atoms with van der Waals surface area (Å²) in [5.74, 6) is -0.653. The molecular weight excluding hydrogens is 448 g/mol. The predicted molar refractivity (Wildman–Crippen MR) is 123 cm³/mol. The van der Waals surface area contributed by atoms with E-state index in [1.165, 1.54) is 24.3 Å². The second kappa shape index (κ2) is 9.67. The summed E-state index contributed by atoms with van der Waals surface area (Å²) in [5.41, 5.74) is 4.77. The Morgan fingerprint density at radius 3 is 2.58 bits per heavy atom. The summed E-state index contributed by atoms with van der Waals surface area (Å²) in [6, 6.07) is 10.5. The molecule has 11 nitrogen and oxygen atoms in total. The van der Waals surface area contributed by atoms with Gasteiger partial charge in [-0.1, -0.05) is 0 Å². The fourth-order valence-corrected chi connectivity index (χ4v) is 4.01. The van der Waals surface area contributed by atoms with E-state index in [0.717, 1.165) is 19.6 Å². The maximum absolute atomic E-state index is 12.6. The quantitative estimate of drug-likeness (QED) is 0.419. The largest absolute Gasteiger partial charge is 0.379 e. The van der Waals surface area contributed by atoms with Gasteiger partial charge in [0, 0.05) is 37.3 Å². The number of nitrogens with two attached hydrogens (primary N) is 1. The van der Waals surface area contributed by atoms with Crippen molar-refractivity contribution in [2.45, 2.75) is 4.90 Å². The van der Waals surface area contributed by atoms with Gasteiger partial charge in [0.1, 0.15) is 0 Å². The van der Waals surface area contributed by atoms with E-state index in [4.69, 9.17) is 9.88 Å². The van der Waals surface area contributed by atoms with Crippen molar-refractivity contribution < 1.29 is 22.7 Å². The molecule has 1 fully saturated rings. The molecule has 5 N–H and O–H groups in total. The van der Waals surface area contributed by atoms with Gasteiger partial charge in [0.25, 0.3) is 11.8 Å². The van der Waals surface area contributed by atoms with Gasteiger partial charge in [-0.05, 0) is 42.5 Å². The summed E-state index contributed by atoms with van der Waals surface area (Å²) in [7, 11) is -3.80. The zero-order chi connectivity index (χ0) is 23.4. The van der Waals surface area contributed by atoms with Gasteiger partial charge >= 0.3 is 0 Å². The number of hydrogen-bond donors (Lipinski definition) is 4. The van der Waals surface area contributed by atoms with Crippen molar-refractivity contribution in [2.24, 2.45) is 10.2 Å². The number of nitrogens with one attached hydrogen (secondary N) is 3. The van der Waals surface area contributed by atoms with E-state index < -0.39 is 15.9 Å². The van der Waals surface area contributed by atoms with E-state index >= 15 is 0 Å². The molecule has 33 heavy (non-hydrogen) atoms. The number of ether oxygens (including phenoxy) is 1. The highest BCUT2D eigenvalue weighted by molar-refractivity contribution is 7.89. The number of rotatable bonds is 7. The van der Waals surface area contributed by atoms with Crippen molar-refractivity contribution in [2.75, 3.05) is 50.1 Å². The number of amides is 2. The molecule has 12 heteroatoms. The molecule has 2 aliphatic heterocycles. The average molecular weight is 473 g/mol. The van der Waals surface area contributed by atoms with Gasteiger partial charge in [0.15, 0.2) is 5.71 Å². The first-order chi connectivity index (χ1) is 15.8. The molecule has 0 spiro atoms. The molecule has 2 aliphatic rings. The Hall–Kier alpha value is -3.32. The molecule has 0 saturated carbocycles. The van der Waals surface area contributed by atoms with E-state index in [1.807, 2.05) is 0 Å². The van der Waals surface area contributed by atoms with Gasteiger partial charge in [-0.15, -0.1) is 0 Å². The third kappa shape index (κ3) is 5.54. The number of morpholine rings is 1. The lowest BCUT2D eigenvalue weighted by Crippen LogP contribution is -2.41. The summed E-state index contributed by atoms with van der Waals surface area (Å²) in [6.07, 6.45) is 0. The lowest BCUT2D eigenvalue weighted by Gasteiger charge is -2.26. The summed E-state index contributed by atoms with van der Waals surface area (Å²) >= 11 is 0. The Bertz CT molecular complexity index is 1190. The monoisotopic (exact) mass is 472 g/mol. The van der Waals surface area contributed by atoms with Crippen molar-refractivity contribution in [1.29, 1.82) is 0 Å². The Morgan fingerprint density at radius 2 is 1.88 bits per heavy atom. The molecule has 2 heterocycles.